The van der Waals surface area contributed by atoms with Gasteiger partial charge >= 0.3 is 0 Å². The maximum absolute atomic E-state index is 11.6. The minimum atomic E-state index is 0.0409. The van der Waals surface area contributed by atoms with Crippen LogP contribution in [0.15, 0.2) is 17.5 Å². The van der Waals surface area contributed by atoms with Gasteiger partial charge < -0.3 is 0 Å². The molecule has 1 amide bonds. The Labute approximate surface area is 140 Å². The lowest BCUT2D eigenvalue weighted by atomic mass is 10.2. The summed E-state index contributed by atoms with van der Waals surface area (Å²) in [5.41, 5.74) is 1.02. The van der Waals surface area contributed by atoms with Crippen molar-refractivity contribution in [3.05, 3.63) is 33.0 Å². The highest BCUT2D eigenvalue weighted by Crippen LogP contribution is 2.28. The average molecular weight is 338 g/mol. The standard InChI is InChI=1S/C16H23N3OS2/c1-6-19(13(4)20)16-17-14(10-21-16)9-18(5)12(3)15-8-7-11(2)22-15/h7-8,10,12H,6,9H2,1-5H3/t12-/m0/s1. The molecule has 0 spiro atoms. The van der Waals surface area contributed by atoms with Crippen LogP contribution in [-0.4, -0.2) is 29.4 Å². The second kappa shape index (κ2) is 7.35. The number of amides is 1. The predicted molar refractivity (Wildman–Crippen MR) is 94.8 cm³/mol. The molecule has 0 aromatic carbocycles. The molecular weight excluding hydrogens is 314 g/mol. The second-order valence-electron chi connectivity index (χ2n) is 5.42. The van der Waals surface area contributed by atoms with Crippen molar-refractivity contribution >= 4 is 33.7 Å². The summed E-state index contributed by atoms with van der Waals surface area (Å²) < 4.78 is 0. The van der Waals surface area contributed by atoms with Crippen molar-refractivity contribution in [2.45, 2.75) is 40.3 Å². The zero-order valence-corrected chi connectivity index (χ0v) is 15.4. The number of rotatable bonds is 6. The van der Waals surface area contributed by atoms with E-state index in [9.17, 15) is 4.79 Å². The average Bonchev–Trinajstić information content (AvgIpc) is 3.08. The van der Waals surface area contributed by atoms with Crippen molar-refractivity contribution in [1.82, 2.24) is 9.88 Å². The molecule has 1 atom stereocenters. The van der Waals surface area contributed by atoms with Crippen molar-refractivity contribution < 1.29 is 4.79 Å². The van der Waals surface area contributed by atoms with E-state index < -0.39 is 0 Å². The molecule has 0 saturated carbocycles. The van der Waals surface area contributed by atoms with Gasteiger partial charge in [0.1, 0.15) is 0 Å². The second-order valence-corrected chi connectivity index (χ2v) is 7.58. The van der Waals surface area contributed by atoms with Gasteiger partial charge in [-0.1, -0.05) is 0 Å². The number of thiophene rings is 1. The van der Waals surface area contributed by atoms with Crippen molar-refractivity contribution in [2.75, 3.05) is 18.5 Å². The van der Waals surface area contributed by atoms with Crippen LogP contribution in [0.1, 0.15) is 42.3 Å². The van der Waals surface area contributed by atoms with Crippen LogP contribution in [0.25, 0.3) is 0 Å². The molecule has 0 aliphatic heterocycles. The van der Waals surface area contributed by atoms with E-state index in [1.54, 1.807) is 11.8 Å². The predicted octanol–water partition coefficient (Wildman–Crippen LogP) is 4.08. The SMILES string of the molecule is CCN(C(C)=O)c1nc(CN(C)[C@@H](C)c2ccc(C)s2)cs1. The van der Waals surface area contributed by atoms with Gasteiger partial charge in [-0.05, 0) is 40.0 Å². The number of carbonyl (C=O) groups is 1. The molecule has 0 fully saturated rings. The van der Waals surface area contributed by atoms with Crippen LogP contribution in [0.5, 0.6) is 0 Å². The molecular formula is C16H23N3OS2. The normalized spacial score (nSPS) is 12.6. The van der Waals surface area contributed by atoms with E-state index in [4.69, 9.17) is 0 Å². The van der Waals surface area contributed by atoms with E-state index in [-0.39, 0.29) is 5.91 Å². The summed E-state index contributed by atoms with van der Waals surface area (Å²) >= 11 is 3.37. The van der Waals surface area contributed by atoms with Gasteiger partial charge in [-0.2, -0.15) is 0 Å². The van der Waals surface area contributed by atoms with Gasteiger partial charge in [-0.25, -0.2) is 4.98 Å². The van der Waals surface area contributed by atoms with Gasteiger partial charge in [-0.15, -0.1) is 22.7 Å². The maximum atomic E-state index is 11.6. The smallest absolute Gasteiger partial charge is 0.225 e. The lowest BCUT2D eigenvalue weighted by Crippen LogP contribution is -2.28. The van der Waals surface area contributed by atoms with Crippen molar-refractivity contribution in [3.8, 4) is 0 Å². The van der Waals surface area contributed by atoms with E-state index in [1.807, 2.05) is 23.6 Å². The third-order valence-electron chi connectivity index (χ3n) is 3.71. The molecule has 0 saturated heterocycles. The topological polar surface area (TPSA) is 36.4 Å². The van der Waals surface area contributed by atoms with E-state index >= 15 is 0 Å². The Morgan fingerprint density at radius 1 is 1.41 bits per heavy atom. The van der Waals surface area contributed by atoms with Crippen molar-refractivity contribution in [3.63, 3.8) is 0 Å². The number of hydrogen-bond donors (Lipinski definition) is 0. The van der Waals surface area contributed by atoms with Crippen LogP contribution in [0, 0.1) is 6.92 Å². The van der Waals surface area contributed by atoms with Crippen LogP contribution >= 0.6 is 22.7 Å². The first kappa shape index (κ1) is 17.1. The van der Waals surface area contributed by atoms with Crippen LogP contribution < -0.4 is 4.90 Å². The monoisotopic (exact) mass is 337 g/mol. The number of carbonyl (C=O) groups excluding carboxylic acids is 1. The molecule has 0 unspecified atom stereocenters. The summed E-state index contributed by atoms with van der Waals surface area (Å²) in [5, 5.41) is 2.84. The third kappa shape index (κ3) is 3.94. The molecule has 22 heavy (non-hydrogen) atoms. The summed E-state index contributed by atoms with van der Waals surface area (Å²) in [7, 11) is 2.11. The van der Waals surface area contributed by atoms with Crippen LogP contribution in [-0.2, 0) is 11.3 Å². The molecule has 0 bridgehead atoms. The zero-order valence-electron chi connectivity index (χ0n) is 13.8. The molecule has 6 heteroatoms. The summed E-state index contributed by atoms with van der Waals surface area (Å²) in [4.78, 5) is 22.9. The Morgan fingerprint density at radius 3 is 2.68 bits per heavy atom. The fourth-order valence-electron chi connectivity index (χ4n) is 2.27. The Hall–Kier alpha value is -1.24. The molecule has 4 nitrogen and oxygen atoms in total. The van der Waals surface area contributed by atoms with Gasteiger partial charge in [0.15, 0.2) is 5.13 Å². The minimum Gasteiger partial charge on any atom is -0.293 e. The maximum Gasteiger partial charge on any atom is 0.225 e. The first-order valence-electron chi connectivity index (χ1n) is 7.41. The van der Waals surface area contributed by atoms with Crippen LogP contribution in [0.4, 0.5) is 5.13 Å². The van der Waals surface area contributed by atoms with Gasteiger partial charge in [0.05, 0.1) is 5.69 Å². The summed E-state index contributed by atoms with van der Waals surface area (Å²) in [5.74, 6) is 0.0409. The van der Waals surface area contributed by atoms with Gasteiger partial charge in [0, 0.05) is 41.2 Å². The molecule has 0 radical (unpaired) electrons. The molecule has 2 heterocycles. The van der Waals surface area contributed by atoms with Crippen molar-refractivity contribution in [2.24, 2.45) is 0 Å². The van der Waals surface area contributed by atoms with E-state index in [0.29, 0.717) is 12.6 Å². The number of aromatic nitrogens is 1. The molecule has 0 aliphatic carbocycles. The first-order chi connectivity index (χ1) is 10.4. The van der Waals surface area contributed by atoms with Gasteiger partial charge in [-0.3, -0.25) is 14.6 Å². The fraction of sp³-hybridized carbons (Fsp3) is 0.500. The Morgan fingerprint density at radius 2 is 2.14 bits per heavy atom. The molecule has 2 aromatic heterocycles. The summed E-state index contributed by atoms with van der Waals surface area (Å²) in [6.45, 7) is 9.34. The zero-order chi connectivity index (χ0) is 16.3. The number of hydrogen-bond acceptors (Lipinski definition) is 5. The molecule has 0 aliphatic rings. The number of nitrogens with zero attached hydrogens (tertiary/aromatic N) is 3. The first-order valence-corrected chi connectivity index (χ1v) is 9.11. The molecule has 120 valence electrons. The number of thiazole rings is 1. The third-order valence-corrected chi connectivity index (χ3v) is 5.80. The van der Waals surface area contributed by atoms with Gasteiger partial charge in [0.25, 0.3) is 0 Å². The highest BCUT2D eigenvalue weighted by atomic mass is 32.1. The quantitative estimate of drug-likeness (QED) is 0.797. The molecule has 2 rings (SSSR count). The summed E-state index contributed by atoms with van der Waals surface area (Å²) in [6.07, 6.45) is 0. The number of anilines is 1. The van der Waals surface area contributed by atoms with Crippen LogP contribution in [0.2, 0.25) is 0 Å². The van der Waals surface area contributed by atoms with E-state index in [1.165, 1.54) is 21.1 Å². The fourth-order valence-corrected chi connectivity index (χ4v) is 4.19. The van der Waals surface area contributed by atoms with E-state index in [2.05, 4.69) is 42.9 Å². The minimum absolute atomic E-state index is 0.0409. The number of aryl methyl sites for hydroxylation is 1. The van der Waals surface area contributed by atoms with E-state index in [0.717, 1.165) is 17.4 Å². The Balaban J connectivity index is 2.04. The summed E-state index contributed by atoms with van der Waals surface area (Å²) in [6, 6.07) is 4.72. The Kier molecular flexibility index (Phi) is 5.72. The Bertz CT molecular complexity index is 635. The highest BCUT2D eigenvalue weighted by Gasteiger charge is 2.17. The lowest BCUT2D eigenvalue weighted by Gasteiger charge is -2.22. The van der Waals surface area contributed by atoms with Crippen LogP contribution in [0.3, 0.4) is 0 Å². The van der Waals surface area contributed by atoms with Gasteiger partial charge in [0.2, 0.25) is 5.91 Å². The molecule has 0 N–H and O–H groups in total. The molecule has 2 aromatic rings. The highest BCUT2D eigenvalue weighted by molar-refractivity contribution is 7.14. The van der Waals surface area contributed by atoms with Crippen molar-refractivity contribution in [1.29, 1.82) is 0 Å². The largest absolute Gasteiger partial charge is 0.293 e. The lowest BCUT2D eigenvalue weighted by molar-refractivity contribution is -0.116.